The Morgan fingerprint density at radius 1 is 0.966 bits per heavy atom. The number of para-hydroxylation sites is 1. The van der Waals surface area contributed by atoms with Crippen LogP contribution in [0.1, 0.15) is 5.56 Å². The van der Waals surface area contributed by atoms with E-state index in [0.29, 0.717) is 22.2 Å². The van der Waals surface area contributed by atoms with E-state index in [1.54, 1.807) is 20.0 Å². The van der Waals surface area contributed by atoms with Gasteiger partial charge in [-0.15, -0.1) is 0 Å². The van der Waals surface area contributed by atoms with Gasteiger partial charge in [0.05, 0.1) is 5.69 Å². The van der Waals surface area contributed by atoms with Crippen LogP contribution < -0.4 is 10.9 Å². The van der Waals surface area contributed by atoms with Gasteiger partial charge in [-0.05, 0) is 48.9 Å². The van der Waals surface area contributed by atoms with Gasteiger partial charge in [0.15, 0.2) is 5.65 Å². The highest BCUT2D eigenvalue weighted by Gasteiger charge is 2.20. The minimum Gasteiger partial charge on any atom is -0.357 e. The van der Waals surface area contributed by atoms with Gasteiger partial charge in [0, 0.05) is 24.1 Å². The summed E-state index contributed by atoms with van der Waals surface area (Å²) < 4.78 is 43.4. The highest BCUT2D eigenvalue weighted by atomic mass is 19.1. The molecule has 0 radical (unpaired) electrons. The standard InChI is InChI=1S/C21H15F3N4O/c1-11-10-12(22)6-7-13(11)18-14-8-9-17(29)28(20(14)27-21(25-2)26-18)19-15(23)4-3-5-16(19)24/h3-10H,1-2H3,(H,25,26,27). The monoisotopic (exact) mass is 396 g/mol. The molecule has 0 saturated carbocycles. The van der Waals surface area contributed by atoms with Crippen LogP contribution in [0.3, 0.4) is 0 Å². The highest BCUT2D eigenvalue weighted by Crippen LogP contribution is 2.31. The summed E-state index contributed by atoms with van der Waals surface area (Å²) >= 11 is 0. The highest BCUT2D eigenvalue weighted by molar-refractivity contribution is 5.92. The first-order valence-corrected chi connectivity index (χ1v) is 8.73. The lowest BCUT2D eigenvalue weighted by Crippen LogP contribution is -2.21. The van der Waals surface area contributed by atoms with E-state index in [2.05, 4.69) is 15.3 Å². The van der Waals surface area contributed by atoms with Crippen LogP contribution in [0.25, 0.3) is 28.0 Å². The van der Waals surface area contributed by atoms with Crippen molar-refractivity contribution in [2.24, 2.45) is 0 Å². The number of aromatic nitrogens is 3. The van der Waals surface area contributed by atoms with Gasteiger partial charge in [-0.25, -0.2) is 18.2 Å². The van der Waals surface area contributed by atoms with Crippen LogP contribution in [0.5, 0.6) is 0 Å². The molecule has 0 unspecified atom stereocenters. The van der Waals surface area contributed by atoms with Crippen LogP contribution in [-0.2, 0) is 0 Å². The Bertz CT molecular complexity index is 1300. The fraction of sp³-hybridized carbons (Fsp3) is 0.0952. The molecule has 0 spiro atoms. The summed E-state index contributed by atoms with van der Waals surface area (Å²) in [7, 11) is 1.58. The minimum absolute atomic E-state index is 0.0274. The lowest BCUT2D eigenvalue weighted by atomic mass is 10.0. The molecule has 0 saturated heterocycles. The van der Waals surface area contributed by atoms with E-state index in [-0.39, 0.29) is 11.6 Å². The molecule has 0 fully saturated rings. The van der Waals surface area contributed by atoms with Crippen LogP contribution in [0.4, 0.5) is 19.1 Å². The Morgan fingerprint density at radius 3 is 2.34 bits per heavy atom. The number of rotatable bonds is 3. The molecular weight excluding hydrogens is 381 g/mol. The van der Waals surface area contributed by atoms with E-state index in [1.165, 1.54) is 30.3 Å². The molecule has 0 aliphatic rings. The Morgan fingerprint density at radius 2 is 1.69 bits per heavy atom. The van der Waals surface area contributed by atoms with E-state index >= 15 is 0 Å². The average Bonchev–Trinajstić information content (AvgIpc) is 2.68. The number of aryl methyl sites for hydroxylation is 1. The molecule has 8 heteroatoms. The predicted molar refractivity (Wildman–Crippen MR) is 105 cm³/mol. The fourth-order valence-corrected chi connectivity index (χ4v) is 3.24. The van der Waals surface area contributed by atoms with Gasteiger partial charge in [0.25, 0.3) is 5.56 Å². The molecular formula is C21H15F3N4O. The molecule has 2 heterocycles. The summed E-state index contributed by atoms with van der Waals surface area (Å²) in [6.45, 7) is 1.72. The van der Waals surface area contributed by atoms with Crippen LogP contribution in [0, 0.1) is 24.4 Å². The third kappa shape index (κ3) is 3.12. The largest absolute Gasteiger partial charge is 0.357 e. The third-order valence-corrected chi connectivity index (χ3v) is 4.58. The van der Waals surface area contributed by atoms with Gasteiger partial charge >= 0.3 is 0 Å². The number of pyridine rings is 1. The summed E-state index contributed by atoms with van der Waals surface area (Å²) in [5, 5.41) is 3.18. The summed E-state index contributed by atoms with van der Waals surface area (Å²) in [6.07, 6.45) is 0. The normalized spacial score (nSPS) is 11.1. The molecule has 1 N–H and O–H groups in total. The minimum atomic E-state index is -0.899. The molecule has 4 aromatic rings. The number of anilines is 1. The molecule has 0 aliphatic heterocycles. The molecule has 146 valence electrons. The zero-order chi connectivity index (χ0) is 20.7. The SMILES string of the molecule is CNc1nc(-c2ccc(F)cc2C)c2ccc(=O)n(-c3c(F)cccc3F)c2n1. The summed E-state index contributed by atoms with van der Waals surface area (Å²) in [6, 6.07) is 10.2. The van der Waals surface area contributed by atoms with Gasteiger partial charge in [0.1, 0.15) is 23.1 Å². The molecule has 2 aromatic carbocycles. The average molecular weight is 396 g/mol. The summed E-state index contributed by atoms with van der Waals surface area (Å²) in [5.74, 6) is -2.05. The van der Waals surface area contributed by atoms with Crippen molar-refractivity contribution in [1.82, 2.24) is 14.5 Å². The maximum atomic E-state index is 14.5. The second kappa shape index (κ2) is 7.05. The van der Waals surface area contributed by atoms with Crippen LogP contribution >= 0.6 is 0 Å². The summed E-state index contributed by atoms with van der Waals surface area (Å²) in [4.78, 5) is 21.3. The van der Waals surface area contributed by atoms with Gasteiger partial charge < -0.3 is 5.32 Å². The van der Waals surface area contributed by atoms with E-state index in [9.17, 15) is 18.0 Å². The second-order valence-corrected chi connectivity index (χ2v) is 6.42. The van der Waals surface area contributed by atoms with E-state index in [4.69, 9.17) is 0 Å². The van der Waals surface area contributed by atoms with Crippen LogP contribution in [-0.4, -0.2) is 21.6 Å². The molecule has 2 aromatic heterocycles. The van der Waals surface area contributed by atoms with Gasteiger partial charge in [-0.2, -0.15) is 4.98 Å². The number of halogens is 3. The van der Waals surface area contributed by atoms with Gasteiger partial charge in [0.2, 0.25) is 5.95 Å². The number of benzene rings is 2. The second-order valence-electron chi connectivity index (χ2n) is 6.42. The zero-order valence-corrected chi connectivity index (χ0v) is 15.5. The van der Waals surface area contributed by atoms with Crippen molar-refractivity contribution in [3.63, 3.8) is 0 Å². The Balaban J connectivity index is 2.16. The maximum absolute atomic E-state index is 14.5. The molecule has 0 bridgehead atoms. The fourth-order valence-electron chi connectivity index (χ4n) is 3.24. The van der Waals surface area contributed by atoms with Gasteiger partial charge in [-0.1, -0.05) is 6.07 Å². The molecule has 0 atom stereocenters. The molecule has 29 heavy (non-hydrogen) atoms. The molecule has 0 amide bonds. The van der Waals surface area contributed by atoms with Crippen molar-refractivity contribution in [3.05, 3.63) is 81.9 Å². The molecule has 0 aliphatic carbocycles. The molecule has 4 rings (SSSR count). The van der Waals surface area contributed by atoms with Crippen molar-refractivity contribution in [1.29, 1.82) is 0 Å². The topological polar surface area (TPSA) is 59.8 Å². The predicted octanol–water partition coefficient (Wildman–Crippen LogP) is 4.22. The van der Waals surface area contributed by atoms with Crippen LogP contribution in [0.2, 0.25) is 0 Å². The Labute approximate surface area is 163 Å². The quantitative estimate of drug-likeness (QED) is 0.564. The third-order valence-electron chi connectivity index (χ3n) is 4.58. The Hall–Kier alpha value is -3.68. The Kier molecular flexibility index (Phi) is 4.54. The number of nitrogens with one attached hydrogen (secondary N) is 1. The smallest absolute Gasteiger partial charge is 0.256 e. The summed E-state index contributed by atoms with van der Waals surface area (Å²) in [5.41, 5.74) is 0.480. The first-order chi connectivity index (χ1) is 13.9. The van der Waals surface area contributed by atoms with Crippen molar-refractivity contribution in [2.45, 2.75) is 6.92 Å². The number of nitrogens with zero attached hydrogens (tertiary/aromatic N) is 3. The maximum Gasteiger partial charge on any atom is 0.256 e. The van der Waals surface area contributed by atoms with Gasteiger partial charge in [-0.3, -0.25) is 9.36 Å². The van der Waals surface area contributed by atoms with Crippen LogP contribution in [0.15, 0.2) is 53.3 Å². The zero-order valence-electron chi connectivity index (χ0n) is 15.5. The van der Waals surface area contributed by atoms with E-state index < -0.39 is 28.7 Å². The first kappa shape index (κ1) is 18.7. The van der Waals surface area contributed by atoms with E-state index in [0.717, 1.165) is 16.7 Å². The van der Waals surface area contributed by atoms with Crippen molar-refractivity contribution in [3.8, 4) is 16.9 Å². The first-order valence-electron chi connectivity index (χ1n) is 8.73. The lowest BCUT2D eigenvalue weighted by molar-refractivity contribution is 0.568. The number of fused-ring (bicyclic) bond motifs is 1. The van der Waals surface area contributed by atoms with Crippen molar-refractivity contribution < 1.29 is 13.2 Å². The van der Waals surface area contributed by atoms with Crippen molar-refractivity contribution in [2.75, 3.05) is 12.4 Å². The molecule has 5 nitrogen and oxygen atoms in total. The number of hydrogen-bond donors (Lipinski definition) is 1. The van der Waals surface area contributed by atoms with Crippen molar-refractivity contribution >= 4 is 17.0 Å². The lowest BCUT2D eigenvalue weighted by Gasteiger charge is -2.15. The number of hydrogen-bond acceptors (Lipinski definition) is 4. The van der Waals surface area contributed by atoms with E-state index in [1.807, 2.05) is 0 Å².